The van der Waals surface area contributed by atoms with Crippen LogP contribution < -0.4 is 0 Å². The van der Waals surface area contributed by atoms with Gasteiger partial charge in [-0.05, 0) is 42.2 Å². The molecule has 2 unspecified atom stereocenters. The summed E-state index contributed by atoms with van der Waals surface area (Å²) in [6.45, 7) is 8.71. The Morgan fingerprint density at radius 2 is 1.44 bits per heavy atom. The first kappa shape index (κ1) is 14.9. The van der Waals surface area contributed by atoms with Crippen molar-refractivity contribution in [2.24, 2.45) is 17.8 Å². The minimum Gasteiger partial charge on any atom is -0.303 e. The number of hydrogen-bond acceptors (Lipinski definition) is 1. The zero-order chi connectivity index (χ0) is 13.5. The monoisotopic (exact) mass is 246 g/mol. The normalized spacial score (nSPS) is 14.5. The molecule has 0 radical (unpaired) electrons. The van der Waals surface area contributed by atoms with Crippen LogP contribution in [0, 0.1) is 17.8 Å². The summed E-state index contributed by atoms with van der Waals surface area (Å²) in [5.41, 5.74) is 2.80. The van der Waals surface area contributed by atoms with Crippen LogP contribution in [0.2, 0.25) is 0 Å². The molecule has 1 aromatic carbocycles. The van der Waals surface area contributed by atoms with Crippen molar-refractivity contribution in [3.8, 4) is 0 Å². The molecule has 0 saturated carbocycles. The Labute approximate surface area is 112 Å². The molecule has 1 nitrogen and oxygen atoms in total. The second-order valence-corrected chi connectivity index (χ2v) is 6.07. The van der Waals surface area contributed by atoms with Crippen LogP contribution in [0.15, 0.2) is 24.3 Å². The first-order valence-electron chi connectivity index (χ1n) is 7.04. The standard InChI is InChI=1S/C17H26O/c1-13(2)9-16-5-7-17(8-6-16)11-14(3)10-15(4)12-18/h5-8,12-15H,9-11H2,1-4H3. The van der Waals surface area contributed by atoms with Crippen molar-refractivity contribution in [1.82, 2.24) is 0 Å². The van der Waals surface area contributed by atoms with E-state index in [1.165, 1.54) is 11.1 Å². The average Bonchev–Trinajstić information content (AvgIpc) is 2.30. The molecule has 0 N–H and O–H groups in total. The van der Waals surface area contributed by atoms with E-state index in [0.717, 1.165) is 25.5 Å². The predicted molar refractivity (Wildman–Crippen MR) is 77.7 cm³/mol. The lowest BCUT2D eigenvalue weighted by atomic mass is 9.91. The molecule has 0 bridgehead atoms. The van der Waals surface area contributed by atoms with Crippen LogP contribution in [0.1, 0.15) is 45.2 Å². The van der Waals surface area contributed by atoms with E-state index in [4.69, 9.17) is 0 Å². The van der Waals surface area contributed by atoms with Gasteiger partial charge in [0.1, 0.15) is 6.29 Å². The molecule has 2 atom stereocenters. The van der Waals surface area contributed by atoms with Crippen LogP contribution in [-0.4, -0.2) is 6.29 Å². The molecule has 0 saturated heterocycles. The smallest absolute Gasteiger partial charge is 0.122 e. The van der Waals surface area contributed by atoms with Gasteiger partial charge in [-0.1, -0.05) is 52.0 Å². The highest BCUT2D eigenvalue weighted by Gasteiger charge is 2.08. The molecular weight excluding hydrogens is 220 g/mol. The van der Waals surface area contributed by atoms with Crippen LogP contribution in [0.3, 0.4) is 0 Å². The van der Waals surface area contributed by atoms with E-state index in [-0.39, 0.29) is 5.92 Å². The minimum atomic E-state index is 0.181. The third-order valence-electron chi connectivity index (χ3n) is 3.26. The Morgan fingerprint density at radius 3 is 1.89 bits per heavy atom. The number of aldehydes is 1. The van der Waals surface area contributed by atoms with Crippen LogP contribution in [0.4, 0.5) is 0 Å². The number of benzene rings is 1. The highest BCUT2D eigenvalue weighted by Crippen LogP contribution is 2.17. The van der Waals surface area contributed by atoms with Crippen molar-refractivity contribution in [3.05, 3.63) is 35.4 Å². The summed E-state index contributed by atoms with van der Waals surface area (Å²) in [6, 6.07) is 8.95. The van der Waals surface area contributed by atoms with Gasteiger partial charge in [-0.2, -0.15) is 0 Å². The topological polar surface area (TPSA) is 17.1 Å². The number of hydrogen-bond donors (Lipinski definition) is 0. The maximum absolute atomic E-state index is 10.6. The Balaban J connectivity index is 2.50. The van der Waals surface area contributed by atoms with Crippen LogP contribution >= 0.6 is 0 Å². The maximum atomic E-state index is 10.6. The minimum absolute atomic E-state index is 0.181. The fraction of sp³-hybridized carbons (Fsp3) is 0.588. The van der Waals surface area contributed by atoms with Gasteiger partial charge in [-0.3, -0.25) is 0 Å². The summed E-state index contributed by atoms with van der Waals surface area (Å²) >= 11 is 0. The molecule has 0 aliphatic carbocycles. The fourth-order valence-corrected chi connectivity index (χ4v) is 2.46. The van der Waals surface area contributed by atoms with E-state index in [1.54, 1.807) is 0 Å². The van der Waals surface area contributed by atoms with Gasteiger partial charge in [0.25, 0.3) is 0 Å². The molecule has 0 fully saturated rings. The quantitative estimate of drug-likeness (QED) is 0.656. The summed E-state index contributed by atoms with van der Waals surface area (Å²) in [5, 5.41) is 0. The van der Waals surface area contributed by atoms with Crippen molar-refractivity contribution in [2.45, 2.75) is 47.0 Å². The van der Waals surface area contributed by atoms with Crippen molar-refractivity contribution in [2.75, 3.05) is 0 Å². The van der Waals surface area contributed by atoms with Crippen LogP contribution in [0.5, 0.6) is 0 Å². The molecule has 100 valence electrons. The van der Waals surface area contributed by atoms with Crippen molar-refractivity contribution < 1.29 is 4.79 Å². The molecular formula is C17H26O. The van der Waals surface area contributed by atoms with Crippen molar-refractivity contribution >= 4 is 6.29 Å². The zero-order valence-electron chi connectivity index (χ0n) is 12.1. The third kappa shape index (κ3) is 5.48. The van der Waals surface area contributed by atoms with Gasteiger partial charge in [0.05, 0.1) is 0 Å². The molecule has 0 aliphatic rings. The largest absolute Gasteiger partial charge is 0.303 e. The number of carbonyl (C=O) groups is 1. The second kappa shape index (κ2) is 7.35. The van der Waals surface area contributed by atoms with Gasteiger partial charge < -0.3 is 4.79 Å². The lowest BCUT2D eigenvalue weighted by molar-refractivity contribution is -0.111. The molecule has 18 heavy (non-hydrogen) atoms. The predicted octanol–water partition coefficient (Wildman–Crippen LogP) is 4.29. The molecule has 1 aromatic rings. The summed E-state index contributed by atoms with van der Waals surface area (Å²) in [4.78, 5) is 10.6. The molecule has 0 aliphatic heterocycles. The molecule has 0 aromatic heterocycles. The van der Waals surface area contributed by atoms with Gasteiger partial charge >= 0.3 is 0 Å². The van der Waals surface area contributed by atoms with Gasteiger partial charge in [0, 0.05) is 5.92 Å². The number of rotatable bonds is 7. The van der Waals surface area contributed by atoms with Gasteiger partial charge in [0.2, 0.25) is 0 Å². The molecule has 0 amide bonds. The highest BCUT2D eigenvalue weighted by atomic mass is 16.1. The van der Waals surface area contributed by atoms with Gasteiger partial charge in [0.15, 0.2) is 0 Å². The lowest BCUT2D eigenvalue weighted by Crippen LogP contribution is -2.07. The Bertz CT molecular complexity index is 350. The first-order valence-corrected chi connectivity index (χ1v) is 7.04. The zero-order valence-corrected chi connectivity index (χ0v) is 12.1. The third-order valence-corrected chi connectivity index (χ3v) is 3.26. The molecule has 0 heterocycles. The summed E-state index contributed by atoms with van der Waals surface area (Å²) in [6.07, 6.45) is 4.26. The van der Waals surface area contributed by atoms with Crippen LogP contribution in [-0.2, 0) is 17.6 Å². The Kier molecular flexibility index (Phi) is 6.11. The van der Waals surface area contributed by atoms with Gasteiger partial charge in [-0.25, -0.2) is 0 Å². The second-order valence-electron chi connectivity index (χ2n) is 6.07. The highest BCUT2D eigenvalue weighted by molar-refractivity contribution is 5.52. The van der Waals surface area contributed by atoms with E-state index < -0.39 is 0 Å². The van der Waals surface area contributed by atoms with E-state index in [2.05, 4.69) is 45.0 Å². The van der Waals surface area contributed by atoms with Crippen LogP contribution in [0.25, 0.3) is 0 Å². The maximum Gasteiger partial charge on any atom is 0.122 e. The summed E-state index contributed by atoms with van der Waals surface area (Å²) in [7, 11) is 0. The lowest BCUT2D eigenvalue weighted by Gasteiger charge is -2.13. The fourth-order valence-electron chi connectivity index (χ4n) is 2.46. The van der Waals surface area contributed by atoms with E-state index in [1.807, 2.05) is 6.92 Å². The molecule has 1 rings (SSSR count). The van der Waals surface area contributed by atoms with Crippen molar-refractivity contribution in [1.29, 1.82) is 0 Å². The Morgan fingerprint density at radius 1 is 0.944 bits per heavy atom. The SMILES string of the molecule is CC(C)Cc1ccc(CC(C)CC(C)C=O)cc1. The van der Waals surface area contributed by atoms with E-state index in [0.29, 0.717) is 11.8 Å². The Hall–Kier alpha value is -1.11. The average molecular weight is 246 g/mol. The molecule has 1 heteroatoms. The van der Waals surface area contributed by atoms with Gasteiger partial charge in [-0.15, -0.1) is 0 Å². The molecule has 0 spiro atoms. The van der Waals surface area contributed by atoms with E-state index in [9.17, 15) is 4.79 Å². The first-order chi connectivity index (χ1) is 8.51. The van der Waals surface area contributed by atoms with Crippen molar-refractivity contribution in [3.63, 3.8) is 0 Å². The number of carbonyl (C=O) groups excluding carboxylic acids is 1. The van der Waals surface area contributed by atoms with E-state index >= 15 is 0 Å². The summed E-state index contributed by atoms with van der Waals surface area (Å²) in [5.74, 6) is 1.46. The summed E-state index contributed by atoms with van der Waals surface area (Å²) < 4.78 is 0.